The fourth-order valence-electron chi connectivity index (χ4n) is 1.46. The van der Waals surface area contributed by atoms with Crippen LogP contribution in [-0.4, -0.2) is 0 Å². The van der Waals surface area contributed by atoms with Gasteiger partial charge in [-0.15, -0.1) is 11.3 Å². The van der Waals surface area contributed by atoms with Gasteiger partial charge in [0.25, 0.3) is 0 Å². The van der Waals surface area contributed by atoms with Gasteiger partial charge in [-0.25, -0.2) is 0 Å². The van der Waals surface area contributed by atoms with Crippen molar-refractivity contribution in [2.24, 2.45) is 5.73 Å². The van der Waals surface area contributed by atoms with Crippen molar-refractivity contribution in [2.75, 3.05) is 0 Å². The summed E-state index contributed by atoms with van der Waals surface area (Å²) >= 11 is 5.17. The summed E-state index contributed by atoms with van der Waals surface area (Å²) in [6.07, 6.45) is 0. The van der Waals surface area contributed by atoms with Gasteiger partial charge in [-0.2, -0.15) is 0 Å². The lowest BCUT2D eigenvalue weighted by atomic mass is 10.1. The molecule has 1 aromatic carbocycles. The molecule has 1 atom stereocenters. The molecule has 0 aliphatic heterocycles. The van der Waals surface area contributed by atoms with Gasteiger partial charge in [-0.05, 0) is 52.0 Å². The molecule has 0 radical (unpaired) electrons. The van der Waals surface area contributed by atoms with Crippen LogP contribution in [0, 0.1) is 0 Å². The Morgan fingerprint density at radius 2 is 2.24 bits per heavy atom. The molecule has 2 aromatic rings. The topological polar surface area (TPSA) is 35.2 Å². The second kappa shape index (κ2) is 5.67. The van der Waals surface area contributed by atoms with Gasteiger partial charge in [-0.1, -0.05) is 12.1 Å². The van der Waals surface area contributed by atoms with Crippen molar-refractivity contribution in [1.82, 2.24) is 0 Å². The van der Waals surface area contributed by atoms with Crippen LogP contribution >= 0.6 is 27.3 Å². The van der Waals surface area contributed by atoms with E-state index >= 15 is 0 Å². The highest BCUT2D eigenvalue weighted by molar-refractivity contribution is 9.10. The molecule has 0 aliphatic rings. The molecule has 2 N–H and O–H groups in total. The molecule has 1 aromatic heterocycles. The van der Waals surface area contributed by atoms with Gasteiger partial charge in [0.2, 0.25) is 0 Å². The van der Waals surface area contributed by atoms with Crippen molar-refractivity contribution in [3.05, 3.63) is 50.6 Å². The van der Waals surface area contributed by atoms with Crippen LogP contribution in [0.3, 0.4) is 0 Å². The molecule has 0 saturated carbocycles. The summed E-state index contributed by atoms with van der Waals surface area (Å²) in [4.78, 5) is 1.19. The van der Waals surface area contributed by atoms with Crippen LogP contribution in [-0.2, 0) is 6.61 Å². The lowest BCUT2D eigenvalue weighted by molar-refractivity contribution is 0.308. The smallest absolute Gasteiger partial charge is 0.124 e. The maximum Gasteiger partial charge on any atom is 0.124 e. The molecular formula is C13H14BrNOS. The molecular weight excluding hydrogens is 298 g/mol. The monoisotopic (exact) mass is 311 g/mol. The molecule has 0 amide bonds. The molecule has 0 unspecified atom stereocenters. The number of ether oxygens (including phenoxy) is 1. The van der Waals surface area contributed by atoms with Gasteiger partial charge in [0.1, 0.15) is 12.4 Å². The predicted octanol–water partition coefficient (Wildman–Crippen LogP) is 4.11. The zero-order chi connectivity index (χ0) is 12.3. The van der Waals surface area contributed by atoms with E-state index in [0.29, 0.717) is 6.61 Å². The van der Waals surface area contributed by atoms with E-state index < -0.39 is 0 Å². The summed E-state index contributed by atoms with van der Waals surface area (Å²) in [5.74, 6) is 0.861. The molecule has 17 heavy (non-hydrogen) atoms. The van der Waals surface area contributed by atoms with Crippen LogP contribution in [0.1, 0.15) is 23.4 Å². The Balaban J connectivity index is 2.04. The SMILES string of the molecule is C[C@@H](N)c1cccc(OCc2sccc2Br)c1. The van der Waals surface area contributed by atoms with E-state index in [1.807, 2.05) is 42.6 Å². The van der Waals surface area contributed by atoms with Gasteiger partial charge in [0.15, 0.2) is 0 Å². The number of nitrogens with two attached hydrogens (primary N) is 1. The standard InChI is InChI=1S/C13H14BrNOS/c1-9(15)10-3-2-4-11(7-10)16-8-13-12(14)5-6-17-13/h2-7,9H,8,15H2,1H3/t9-/m1/s1. The Kier molecular flexibility index (Phi) is 4.20. The third-order valence-electron chi connectivity index (χ3n) is 2.44. The first-order chi connectivity index (χ1) is 8.16. The van der Waals surface area contributed by atoms with Crippen molar-refractivity contribution >= 4 is 27.3 Å². The van der Waals surface area contributed by atoms with Crippen molar-refractivity contribution in [2.45, 2.75) is 19.6 Å². The summed E-state index contributed by atoms with van der Waals surface area (Å²) in [7, 11) is 0. The zero-order valence-corrected chi connectivity index (χ0v) is 11.9. The van der Waals surface area contributed by atoms with Crippen LogP contribution in [0.2, 0.25) is 0 Å². The van der Waals surface area contributed by atoms with Crippen molar-refractivity contribution < 1.29 is 4.74 Å². The van der Waals surface area contributed by atoms with Gasteiger partial charge in [-0.3, -0.25) is 0 Å². The van der Waals surface area contributed by atoms with Crippen LogP contribution in [0.15, 0.2) is 40.2 Å². The van der Waals surface area contributed by atoms with Gasteiger partial charge in [0, 0.05) is 10.5 Å². The maximum atomic E-state index is 5.84. The van der Waals surface area contributed by atoms with Crippen molar-refractivity contribution in [1.29, 1.82) is 0 Å². The third kappa shape index (κ3) is 3.31. The fraction of sp³-hybridized carbons (Fsp3) is 0.231. The molecule has 0 aliphatic carbocycles. The number of rotatable bonds is 4. The molecule has 0 bridgehead atoms. The summed E-state index contributed by atoms with van der Waals surface area (Å²) in [6, 6.07) is 9.99. The van der Waals surface area contributed by atoms with Crippen LogP contribution in [0.4, 0.5) is 0 Å². The van der Waals surface area contributed by atoms with Crippen molar-refractivity contribution in [3.8, 4) is 5.75 Å². The second-order valence-electron chi connectivity index (χ2n) is 3.84. The Bertz CT molecular complexity index is 496. The Labute approximate surface area is 114 Å². The number of hydrogen-bond donors (Lipinski definition) is 1. The van der Waals surface area contributed by atoms with E-state index in [-0.39, 0.29) is 6.04 Å². The minimum atomic E-state index is 0.0343. The van der Waals surface area contributed by atoms with E-state index in [0.717, 1.165) is 15.8 Å². The van der Waals surface area contributed by atoms with E-state index in [9.17, 15) is 0 Å². The molecule has 4 heteroatoms. The molecule has 1 heterocycles. The summed E-state index contributed by atoms with van der Waals surface area (Å²) in [5, 5.41) is 2.04. The zero-order valence-electron chi connectivity index (χ0n) is 9.52. The summed E-state index contributed by atoms with van der Waals surface area (Å²) in [6.45, 7) is 2.55. The van der Waals surface area contributed by atoms with Gasteiger partial charge < -0.3 is 10.5 Å². The van der Waals surface area contributed by atoms with E-state index in [4.69, 9.17) is 10.5 Å². The first-order valence-corrected chi connectivity index (χ1v) is 7.04. The normalized spacial score (nSPS) is 12.4. The largest absolute Gasteiger partial charge is 0.488 e. The number of hydrogen-bond acceptors (Lipinski definition) is 3. The van der Waals surface area contributed by atoms with E-state index in [1.165, 1.54) is 4.88 Å². The quantitative estimate of drug-likeness (QED) is 0.922. The maximum absolute atomic E-state index is 5.84. The Hall–Kier alpha value is -0.840. The van der Waals surface area contributed by atoms with Crippen LogP contribution in [0.5, 0.6) is 5.75 Å². The average Bonchev–Trinajstić information content (AvgIpc) is 2.72. The molecule has 0 saturated heterocycles. The molecule has 2 nitrogen and oxygen atoms in total. The lowest BCUT2D eigenvalue weighted by Crippen LogP contribution is -2.05. The highest BCUT2D eigenvalue weighted by Crippen LogP contribution is 2.25. The Morgan fingerprint density at radius 1 is 1.41 bits per heavy atom. The highest BCUT2D eigenvalue weighted by Gasteiger charge is 2.04. The Morgan fingerprint density at radius 3 is 2.88 bits per heavy atom. The van der Waals surface area contributed by atoms with Crippen LogP contribution < -0.4 is 10.5 Å². The lowest BCUT2D eigenvalue weighted by Gasteiger charge is -2.09. The minimum Gasteiger partial charge on any atom is -0.488 e. The van der Waals surface area contributed by atoms with Crippen molar-refractivity contribution in [3.63, 3.8) is 0 Å². The average molecular weight is 312 g/mol. The predicted molar refractivity (Wildman–Crippen MR) is 75.4 cm³/mol. The number of halogens is 1. The summed E-state index contributed by atoms with van der Waals surface area (Å²) in [5.41, 5.74) is 6.93. The van der Waals surface area contributed by atoms with Gasteiger partial charge >= 0.3 is 0 Å². The molecule has 0 spiro atoms. The molecule has 90 valence electrons. The molecule has 2 rings (SSSR count). The molecule has 0 fully saturated rings. The highest BCUT2D eigenvalue weighted by atomic mass is 79.9. The first-order valence-electron chi connectivity index (χ1n) is 5.37. The minimum absolute atomic E-state index is 0.0343. The number of benzene rings is 1. The van der Waals surface area contributed by atoms with E-state index in [1.54, 1.807) is 11.3 Å². The first kappa shape index (κ1) is 12.6. The number of thiophene rings is 1. The van der Waals surface area contributed by atoms with Gasteiger partial charge in [0.05, 0.1) is 4.88 Å². The third-order valence-corrected chi connectivity index (χ3v) is 4.34. The van der Waals surface area contributed by atoms with Crippen LogP contribution in [0.25, 0.3) is 0 Å². The van der Waals surface area contributed by atoms with E-state index in [2.05, 4.69) is 15.9 Å². The summed E-state index contributed by atoms with van der Waals surface area (Å²) < 4.78 is 6.85. The second-order valence-corrected chi connectivity index (χ2v) is 5.70. The fourth-order valence-corrected chi connectivity index (χ4v) is 2.84.